The van der Waals surface area contributed by atoms with Crippen LogP contribution in [0.3, 0.4) is 0 Å². The number of hydrogen-bond acceptors (Lipinski definition) is 3. The van der Waals surface area contributed by atoms with Gasteiger partial charge in [0.25, 0.3) is 0 Å². The summed E-state index contributed by atoms with van der Waals surface area (Å²) in [6.45, 7) is 3.64. The van der Waals surface area contributed by atoms with E-state index in [2.05, 4.69) is 11.6 Å². The molecule has 0 aliphatic carbocycles. The molecule has 1 unspecified atom stereocenters. The number of piperidine rings is 1. The Morgan fingerprint density at radius 1 is 1.36 bits per heavy atom. The molecule has 2 rings (SSSR count). The van der Waals surface area contributed by atoms with Crippen LogP contribution in [0, 0.1) is 11.7 Å². The minimum absolute atomic E-state index is 0.00653. The summed E-state index contributed by atoms with van der Waals surface area (Å²) in [5, 5.41) is 0. The lowest BCUT2D eigenvalue weighted by atomic mass is 10.0. The van der Waals surface area contributed by atoms with Crippen LogP contribution in [-0.2, 0) is 14.8 Å². The number of rotatable bonds is 5. The van der Waals surface area contributed by atoms with Crippen LogP contribution in [0.15, 0.2) is 29.2 Å². The van der Waals surface area contributed by atoms with Gasteiger partial charge in [-0.05, 0) is 43.0 Å². The fourth-order valence-corrected chi connectivity index (χ4v) is 3.60. The van der Waals surface area contributed by atoms with E-state index in [1.807, 2.05) is 0 Å². The number of nitrogens with zero attached hydrogens (tertiary/aromatic N) is 1. The van der Waals surface area contributed by atoms with Gasteiger partial charge in [-0.25, -0.2) is 17.5 Å². The summed E-state index contributed by atoms with van der Waals surface area (Å²) in [6, 6.07) is 4.58. The molecule has 0 saturated carbocycles. The van der Waals surface area contributed by atoms with E-state index in [1.54, 1.807) is 4.90 Å². The predicted molar refractivity (Wildman–Crippen MR) is 81.2 cm³/mol. The van der Waals surface area contributed by atoms with Gasteiger partial charge in [0.1, 0.15) is 5.82 Å². The molecule has 122 valence electrons. The van der Waals surface area contributed by atoms with Crippen molar-refractivity contribution in [2.75, 3.05) is 19.6 Å². The molecule has 1 saturated heterocycles. The van der Waals surface area contributed by atoms with Gasteiger partial charge in [-0.1, -0.05) is 6.92 Å². The molecule has 1 aromatic rings. The maximum Gasteiger partial charge on any atom is 0.240 e. The summed E-state index contributed by atoms with van der Waals surface area (Å²) in [5.41, 5.74) is 0. The lowest BCUT2D eigenvalue weighted by Gasteiger charge is -2.31. The van der Waals surface area contributed by atoms with Crippen molar-refractivity contribution in [2.45, 2.75) is 31.1 Å². The molecule has 7 heteroatoms. The van der Waals surface area contributed by atoms with Crippen LogP contribution in [-0.4, -0.2) is 38.9 Å². The Bertz CT molecular complexity index is 616. The molecule has 1 aromatic carbocycles. The van der Waals surface area contributed by atoms with Crippen LogP contribution < -0.4 is 4.72 Å². The molecule has 1 amide bonds. The monoisotopic (exact) mass is 328 g/mol. The first-order valence-electron chi connectivity index (χ1n) is 7.41. The lowest BCUT2D eigenvalue weighted by molar-refractivity contribution is -0.132. The zero-order valence-electron chi connectivity index (χ0n) is 12.6. The van der Waals surface area contributed by atoms with E-state index in [-0.39, 0.29) is 23.8 Å². The minimum atomic E-state index is -3.70. The van der Waals surface area contributed by atoms with Crippen LogP contribution in [0.25, 0.3) is 0 Å². The second kappa shape index (κ2) is 7.19. The van der Waals surface area contributed by atoms with Gasteiger partial charge in [-0.3, -0.25) is 4.79 Å². The van der Waals surface area contributed by atoms with Gasteiger partial charge in [-0.15, -0.1) is 0 Å². The highest BCUT2D eigenvalue weighted by atomic mass is 32.2. The van der Waals surface area contributed by atoms with Crippen molar-refractivity contribution < 1.29 is 17.6 Å². The van der Waals surface area contributed by atoms with Crippen LogP contribution in [0.4, 0.5) is 4.39 Å². The van der Waals surface area contributed by atoms with Crippen molar-refractivity contribution in [1.29, 1.82) is 0 Å². The Hall–Kier alpha value is -1.47. The van der Waals surface area contributed by atoms with Gasteiger partial charge in [0.2, 0.25) is 15.9 Å². The van der Waals surface area contributed by atoms with Crippen LogP contribution in [0.2, 0.25) is 0 Å². The van der Waals surface area contributed by atoms with Gasteiger partial charge in [0.15, 0.2) is 0 Å². The number of hydrogen-bond donors (Lipinski definition) is 1. The molecule has 1 N–H and O–H groups in total. The molecule has 1 atom stereocenters. The van der Waals surface area contributed by atoms with Gasteiger partial charge >= 0.3 is 0 Å². The number of amides is 1. The number of carbonyl (C=O) groups is 1. The average molecular weight is 328 g/mol. The Balaban J connectivity index is 1.84. The highest BCUT2D eigenvalue weighted by molar-refractivity contribution is 7.89. The van der Waals surface area contributed by atoms with E-state index in [0.717, 1.165) is 38.1 Å². The molecule has 1 aliphatic heterocycles. The summed E-state index contributed by atoms with van der Waals surface area (Å²) in [7, 11) is -3.70. The standard InChI is InChI=1S/C15H21FN2O3S/c1-12-3-2-10-18(11-12)15(19)8-9-17-22(20,21)14-6-4-13(16)5-7-14/h4-7,12,17H,2-3,8-11H2,1H3. The Labute approximate surface area is 130 Å². The maximum absolute atomic E-state index is 12.8. The largest absolute Gasteiger partial charge is 0.342 e. The van der Waals surface area contributed by atoms with E-state index in [0.29, 0.717) is 5.92 Å². The first-order valence-corrected chi connectivity index (χ1v) is 8.90. The smallest absolute Gasteiger partial charge is 0.240 e. The molecule has 1 fully saturated rings. The molecule has 22 heavy (non-hydrogen) atoms. The molecular weight excluding hydrogens is 307 g/mol. The lowest BCUT2D eigenvalue weighted by Crippen LogP contribution is -2.40. The normalized spacial score (nSPS) is 19.2. The number of likely N-dealkylation sites (tertiary alicyclic amines) is 1. The molecule has 0 bridgehead atoms. The molecule has 1 heterocycles. The summed E-state index contributed by atoms with van der Waals surface area (Å²) in [4.78, 5) is 13.8. The number of benzene rings is 1. The fraction of sp³-hybridized carbons (Fsp3) is 0.533. The third kappa shape index (κ3) is 4.51. The van der Waals surface area contributed by atoms with Crippen molar-refractivity contribution in [1.82, 2.24) is 9.62 Å². The molecule has 0 radical (unpaired) electrons. The first kappa shape index (κ1) is 16.9. The van der Waals surface area contributed by atoms with E-state index >= 15 is 0 Å². The summed E-state index contributed by atoms with van der Waals surface area (Å²) >= 11 is 0. The second-order valence-corrected chi connectivity index (χ2v) is 7.46. The van der Waals surface area contributed by atoms with E-state index < -0.39 is 15.8 Å². The molecule has 1 aliphatic rings. The highest BCUT2D eigenvalue weighted by Gasteiger charge is 2.21. The maximum atomic E-state index is 12.8. The van der Waals surface area contributed by atoms with Crippen LogP contribution >= 0.6 is 0 Å². The van der Waals surface area contributed by atoms with Crippen LogP contribution in [0.1, 0.15) is 26.2 Å². The molecule has 0 aromatic heterocycles. The highest BCUT2D eigenvalue weighted by Crippen LogP contribution is 2.16. The Kier molecular flexibility index (Phi) is 5.52. The third-order valence-corrected chi connectivity index (χ3v) is 5.24. The quantitative estimate of drug-likeness (QED) is 0.895. The average Bonchev–Trinajstić information content (AvgIpc) is 2.47. The number of sulfonamides is 1. The number of halogens is 1. The predicted octanol–water partition coefficient (Wildman–Crippen LogP) is 1.75. The zero-order valence-corrected chi connectivity index (χ0v) is 13.4. The van der Waals surface area contributed by atoms with Gasteiger partial charge in [0, 0.05) is 26.1 Å². The topological polar surface area (TPSA) is 66.5 Å². The van der Waals surface area contributed by atoms with Crippen molar-refractivity contribution in [3.8, 4) is 0 Å². The summed E-state index contributed by atoms with van der Waals surface area (Å²) in [6.07, 6.45) is 2.25. The number of carbonyl (C=O) groups excluding carboxylic acids is 1. The van der Waals surface area contributed by atoms with E-state index in [9.17, 15) is 17.6 Å². The molecule has 0 spiro atoms. The number of nitrogens with one attached hydrogen (secondary N) is 1. The second-order valence-electron chi connectivity index (χ2n) is 5.69. The van der Waals surface area contributed by atoms with E-state index in [4.69, 9.17) is 0 Å². The van der Waals surface area contributed by atoms with Crippen molar-refractivity contribution in [3.63, 3.8) is 0 Å². The Morgan fingerprint density at radius 2 is 2.05 bits per heavy atom. The SMILES string of the molecule is CC1CCCN(C(=O)CCNS(=O)(=O)c2ccc(F)cc2)C1. The van der Waals surface area contributed by atoms with Crippen molar-refractivity contribution >= 4 is 15.9 Å². The zero-order chi connectivity index (χ0) is 16.2. The van der Waals surface area contributed by atoms with Crippen molar-refractivity contribution in [3.05, 3.63) is 30.1 Å². The fourth-order valence-electron chi connectivity index (χ4n) is 2.56. The van der Waals surface area contributed by atoms with Gasteiger partial charge in [-0.2, -0.15) is 0 Å². The van der Waals surface area contributed by atoms with E-state index in [1.165, 1.54) is 12.1 Å². The Morgan fingerprint density at radius 3 is 2.68 bits per heavy atom. The summed E-state index contributed by atoms with van der Waals surface area (Å²) < 4.78 is 39.2. The van der Waals surface area contributed by atoms with Crippen LogP contribution in [0.5, 0.6) is 0 Å². The van der Waals surface area contributed by atoms with Crippen molar-refractivity contribution in [2.24, 2.45) is 5.92 Å². The summed E-state index contributed by atoms with van der Waals surface area (Å²) in [5.74, 6) is -0.0321. The van der Waals surface area contributed by atoms with Gasteiger partial charge < -0.3 is 4.90 Å². The third-order valence-electron chi connectivity index (χ3n) is 3.76. The minimum Gasteiger partial charge on any atom is -0.342 e. The molecular formula is C15H21FN2O3S. The van der Waals surface area contributed by atoms with Gasteiger partial charge in [0.05, 0.1) is 4.90 Å². The molecule has 5 nitrogen and oxygen atoms in total. The first-order chi connectivity index (χ1) is 10.4.